The van der Waals surface area contributed by atoms with E-state index in [1.807, 2.05) is 21.0 Å². The molecule has 1 aromatic rings. The smallest absolute Gasteiger partial charge is 0.222 e. The Balaban J connectivity index is 2.69. The minimum Gasteiger partial charge on any atom is -0.458 e. The van der Waals surface area contributed by atoms with Crippen molar-refractivity contribution in [3.05, 3.63) is 35.9 Å². The van der Waals surface area contributed by atoms with Crippen molar-refractivity contribution in [2.24, 2.45) is 0 Å². The van der Waals surface area contributed by atoms with Gasteiger partial charge in [-0.15, -0.1) is 0 Å². The van der Waals surface area contributed by atoms with E-state index in [4.69, 9.17) is 4.42 Å². The molecule has 1 heterocycles. The zero-order chi connectivity index (χ0) is 9.84. The molecule has 70 valence electrons. The van der Waals surface area contributed by atoms with Crippen LogP contribution in [-0.2, 0) is 0 Å². The molecule has 0 spiro atoms. The first kappa shape index (κ1) is 9.58. The summed E-state index contributed by atoms with van der Waals surface area (Å²) >= 11 is 0. The number of hydrogen-bond acceptors (Lipinski definition) is 3. The van der Waals surface area contributed by atoms with E-state index < -0.39 is 0 Å². The molecule has 1 rings (SSSR count). The summed E-state index contributed by atoms with van der Waals surface area (Å²) in [6.07, 6.45) is 3.18. The highest BCUT2D eigenvalue weighted by Crippen LogP contribution is 2.07. The molecular weight excluding hydrogens is 166 g/mol. The molecule has 0 radical (unpaired) electrons. The lowest BCUT2D eigenvalue weighted by Crippen LogP contribution is -2.02. The van der Waals surface area contributed by atoms with Crippen LogP contribution in [0.25, 0.3) is 0 Å². The molecule has 0 saturated carbocycles. The van der Waals surface area contributed by atoms with E-state index in [1.54, 1.807) is 23.2 Å². The number of ketones is 1. The van der Waals surface area contributed by atoms with Gasteiger partial charge in [0.15, 0.2) is 5.76 Å². The molecule has 0 bridgehead atoms. The number of carbonyl (C=O) groups is 1. The fraction of sp³-hybridized carbons (Fsp3) is 0.300. The van der Waals surface area contributed by atoms with Gasteiger partial charge in [-0.2, -0.15) is 0 Å². The van der Waals surface area contributed by atoms with Gasteiger partial charge in [-0.3, -0.25) is 4.79 Å². The van der Waals surface area contributed by atoms with Gasteiger partial charge in [0.05, 0.1) is 0 Å². The molecule has 0 saturated heterocycles. The topological polar surface area (TPSA) is 33.5 Å². The molecule has 1 aromatic heterocycles. The maximum atomic E-state index is 11.4. The van der Waals surface area contributed by atoms with Crippen molar-refractivity contribution in [1.29, 1.82) is 0 Å². The molecule has 3 nitrogen and oxygen atoms in total. The third kappa shape index (κ3) is 2.78. The fourth-order valence-electron chi connectivity index (χ4n) is 0.866. The highest BCUT2D eigenvalue weighted by atomic mass is 16.3. The number of aryl methyl sites for hydroxylation is 1. The normalized spacial score (nSPS) is 10.7. The second-order valence-electron chi connectivity index (χ2n) is 3.05. The van der Waals surface area contributed by atoms with Gasteiger partial charge >= 0.3 is 0 Å². The van der Waals surface area contributed by atoms with Crippen molar-refractivity contribution in [2.45, 2.75) is 6.92 Å². The van der Waals surface area contributed by atoms with Crippen molar-refractivity contribution in [2.75, 3.05) is 14.1 Å². The standard InChI is InChI=1S/C10H13NO2/c1-8-4-5-10(13-8)9(12)6-7-11(2)3/h4-7H,1-3H3. The van der Waals surface area contributed by atoms with Crippen molar-refractivity contribution in [1.82, 2.24) is 4.90 Å². The lowest BCUT2D eigenvalue weighted by molar-refractivity contribution is 0.101. The summed E-state index contributed by atoms with van der Waals surface area (Å²) in [5, 5.41) is 0. The van der Waals surface area contributed by atoms with Gasteiger partial charge in [0.25, 0.3) is 0 Å². The Hall–Kier alpha value is -1.51. The van der Waals surface area contributed by atoms with E-state index in [9.17, 15) is 4.79 Å². The average Bonchev–Trinajstić information content (AvgIpc) is 2.47. The van der Waals surface area contributed by atoms with Gasteiger partial charge in [0.1, 0.15) is 5.76 Å². The summed E-state index contributed by atoms with van der Waals surface area (Å²) in [6, 6.07) is 3.45. The Morgan fingerprint density at radius 3 is 2.62 bits per heavy atom. The van der Waals surface area contributed by atoms with Crippen LogP contribution in [0.4, 0.5) is 0 Å². The molecule has 0 aliphatic carbocycles. The number of rotatable bonds is 3. The van der Waals surface area contributed by atoms with Gasteiger partial charge in [-0.1, -0.05) is 0 Å². The van der Waals surface area contributed by atoms with Crippen LogP contribution in [0.15, 0.2) is 28.8 Å². The van der Waals surface area contributed by atoms with Crippen LogP contribution >= 0.6 is 0 Å². The SMILES string of the molecule is Cc1ccc(C(=O)C=CN(C)C)o1. The predicted molar refractivity (Wildman–Crippen MR) is 50.6 cm³/mol. The summed E-state index contributed by atoms with van der Waals surface area (Å²) in [4.78, 5) is 13.2. The van der Waals surface area contributed by atoms with Gasteiger partial charge in [0.2, 0.25) is 5.78 Å². The summed E-state index contributed by atoms with van der Waals surface area (Å²) < 4.78 is 5.16. The van der Waals surface area contributed by atoms with E-state index in [2.05, 4.69) is 0 Å². The third-order valence-corrected chi connectivity index (χ3v) is 1.51. The van der Waals surface area contributed by atoms with E-state index in [1.165, 1.54) is 6.08 Å². The van der Waals surface area contributed by atoms with E-state index in [-0.39, 0.29) is 5.78 Å². The maximum Gasteiger partial charge on any atom is 0.222 e. The monoisotopic (exact) mass is 179 g/mol. The van der Waals surface area contributed by atoms with Crippen molar-refractivity contribution < 1.29 is 9.21 Å². The molecule has 0 amide bonds. The Labute approximate surface area is 77.6 Å². The van der Waals surface area contributed by atoms with Gasteiger partial charge in [0, 0.05) is 26.4 Å². The van der Waals surface area contributed by atoms with Crippen LogP contribution in [0.5, 0.6) is 0 Å². The molecule has 0 aliphatic rings. The minimum absolute atomic E-state index is 0.109. The lowest BCUT2D eigenvalue weighted by atomic mass is 10.3. The Morgan fingerprint density at radius 1 is 1.46 bits per heavy atom. The van der Waals surface area contributed by atoms with Crippen molar-refractivity contribution in [3.63, 3.8) is 0 Å². The molecule has 0 fully saturated rings. The summed E-state index contributed by atoms with van der Waals surface area (Å²) in [5.74, 6) is 1.03. The van der Waals surface area contributed by atoms with Crippen LogP contribution in [-0.4, -0.2) is 24.8 Å². The van der Waals surface area contributed by atoms with E-state index in [0.29, 0.717) is 5.76 Å². The Kier molecular flexibility index (Phi) is 2.90. The first-order valence-corrected chi connectivity index (χ1v) is 4.05. The molecular formula is C10H13NO2. The zero-order valence-corrected chi connectivity index (χ0v) is 8.07. The number of furan rings is 1. The number of allylic oxidation sites excluding steroid dienone is 1. The van der Waals surface area contributed by atoms with E-state index >= 15 is 0 Å². The number of hydrogen-bond donors (Lipinski definition) is 0. The molecule has 0 unspecified atom stereocenters. The Bertz CT molecular complexity index is 323. The quantitative estimate of drug-likeness (QED) is 0.524. The van der Waals surface area contributed by atoms with Crippen LogP contribution in [0.2, 0.25) is 0 Å². The highest BCUT2D eigenvalue weighted by Gasteiger charge is 2.05. The fourth-order valence-corrected chi connectivity index (χ4v) is 0.866. The van der Waals surface area contributed by atoms with Crippen molar-refractivity contribution in [3.8, 4) is 0 Å². The predicted octanol–water partition coefficient (Wildman–Crippen LogP) is 1.85. The largest absolute Gasteiger partial charge is 0.458 e. The van der Waals surface area contributed by atoms with E-state index in [0.717, 1.165) is 5.76 Å². The van der Waals surface area contributed by atoms with Crippen LogP contribution < -0.4 is 0 Å². The molecule has 0 aliphatic heterocycles. The average molecular weight is 179 g/mol. The van der Waals surface area contributed by atoms with Crippen LogP contribution in [0, 0.1) is 6.92 Å². The first-order chi connectivity index (χ1) is 6.09. The molecule has 0 atom stereocenters. The van der Waals surface area contributed by atoms with Crippen LogP contribution in [0.3, 0.4) is 0 Å². The highest BCUT2D eigenvalue weighted by molar-refractivity contribution is 6.02. The summed E-state index contributed by atoms with van der Waals surface area (Å²) in [7, 11) is 3.72. The Morgan fingerprint density at radius 2 is 2.15 bits per heavy atom. The van der Waals surface area contributed by atoms with Gasteiger partial charge in [-0.25, -0.2) is 0 Å². The summed E-state index contributed by atoms with van der Waals surface area (Å²) in [5.41, 5.74) is 0. The minimum atomic E-state index is -0.109. The molecule has 0 aromatic carbocycles. The second kappa shape index (κ2) is 3.94. The van der Waals surface area contributed by atoms with Crippen molar-refractivity contribution >= 4 is 5.78 Å². The first-order valence-electron chi connectivity index (χ1n) is 4.05. The van der Waals surface area contributed by atoms with Gasteiger partial charge in [-0.05, 0) is 19.1 Å². The third-order valence-electron chi connectivity index (χ3n) is 1.51. The maximum absolute atomic E-state index is 11.4. The summed E-state index contributed by atoms with van der Waals surface area (Å²) in [6.45, 7) is 1.81. The second-order valence-corrected chi connectivity index (χ2v) is 3.05. The zero-order valence-electron chi connectivity index (χ0n) is 8.07. The van der Waals surface area contributed by atoms with Gasteiger partial charge < -0.3 is 9.32 Å². The molecule has 3 heteroatoms. The lowest BCUT2D eigenvalue weighted by Gasteiger charge is -2.01. The van der Waals surface area contributed by atoms with Crippen LogP contribution in [0.1, 0.15) is 16.3 Å². The number of nitrogens with zero attached hydrogens (tertiary/aromatic N) is 1. The molecule has 0 N–H and O–H groups in total. The molecule has 13 heavy (non-hydrogen) atoms. The number of carbonyl (C=O) groups excluding carboxylic acids is 1.